The molecule has 1 aromatic rings. The van der Waals surface area contributed by atoms with E-state index in [1.165, 1.54) is 0 Å². The van der Waals surface area contributed by atoms with Gasteiger partial charge in [-0.15, -0.1) is 0 Å². The van der Waals surface area contributed by atoms with E-state index in [0.29, 0.717) is 6.04 Å². The topological polar surface area (TPSA) is 50.1 Å². The van der Waals surface area contributed by atoms with Crippen LogP contribution in [0.15, 0.2) is 12.3 Å². The second kappa shape index (κ2) is 8.61. The molecule has 2 N–H and O–H groups in total. The summed E-state index contributed by atoms with van der Waals surface area (Å²) in [6.45, 7) is 7.46. The summed E-state index contributed by atoms with van der Waals surface area (Å²) in [7, 11) is 0. The molecule has 0 saturated heterocycles. The molecule has 0 spiro atoms. The van der Waals surface area contributed by atoms with Gasteiger partial charge in [-0.25, -0.2) is 0 Å². The fourth-order valence-electron chi connectivity index (χ4n) is 2.17. The number of aromatic nitrogens is 2. The number of nitrogens with zero attached hydrogens (tertiary/aromatic N) is 2. The van der Waals surface area contributed by atoms with Crippen LogP contribution in [0.5, 0.6) is 0 Å². The fraction of sp³-hybridized carbons (Fsp3) is 0.786. The van der Waals surface area contributed by atoms with Gasteiger partial charge < -0.3 is 10.4 Å². The van der Waals surface area contributed by atoms with E-state index in [9.17, 15) is 5.11 Å². The summed E-state index contributed by atoms with van der Waals surface area (Å²) in [6, 6.07) is 2.85. The van der Waals surface area contributed by atoms with Crippen molar-refractivity contribution in [3.63, 3.8) is 0 Å². The zero-order valence-electron chi connectivity index (χ0n) is 12.5. The van der Waals surface area contributed by atoms with E-state index in [4.69, 9.17) is 0 Å². The highest BCUT2D eigenvalue weighted by atomic mass is 32.2. The highest BCUT2D eigenvalue weighted by Crippen LogP contribution is 2.15. The van der Waals surface area contributed by atoms with Crippen LogP contribution in [0.3, 0.4) is 0 Å². The van der Waals surface area contributed by atoms with Gasteiger partial charge in [0.15, 0.2) is 0 Å². The van der Waals surface area contributed by atoms with Crippen LogP contribution in [-0.2, 0) is 6.54 Å². The van der Waals surface area contributed by atoms with Crippen molar-refractivity contribution >= 4 is 11.8 Å². The third kappa shape index (κ3) is 4.82. The number of aliphatic hydroxyl groups excluding tert-OH is 1. The molecule has 0 aliphatic rings. The lowest BCUT2D eigenvalue weighted by Gasteiger charge is -2.20. The van der Waals surface area contributed by atoms with Crippen molar-refractivity contribution in [2.75, 3.05) is 12.9 Å². The summed E-state index contributed by atoms with van der Waals surface area (Å²) in [5.74, 6) is 0. The average molecular weight is 285 g/mol. The van der Waals surface area contributed by atoms with E-state index in [-0.39, 0.29) is 17.9 Å². The number of nitrogens with one attached hydrogen (secondary N) is 1. The summed E-state index contributed by atoms with van der Waals surface area (Å²) < 4.78 is 2.07. The van der Waals surface area contributed by atoms with Gasteiger partial charge in [0.2, 0.25) is 0 Å². The molecular weight excluding hydrogens is 258 g/mol. The van der Waals surface area contributed by atoms with Crippen molar-refractivity contribution in [2.45, 2.75) is 57.5 Å². The molecule has 1 aromatic heterocycles. The summed E-state index contributed by atoms with van der Waals surface area (Å²) in [5, 5.41) is 17.5. The van der Waals surface area contributed by atoms with Gasteiger partial charge in [-0.2, -0.15) is 16.9 Å². The van der Waals surface area contributed by atoms with E-state index in [1.807, 2.05) is 6.26 Å². The van der Waals surface area contributed by atoms with Crippen molar-refractivity contribution in [2.24, 2.45) is 0 Å². The van der Waals surface area contributed by atoms with Crippen molar-refractivity contribution in [3.8, 4) is 0 Å². The molecule has 1 rings (SSSR count). The smallest absolute Gasteiger partial charge is 0.0762 e. The van der Waals surface area contributed by atoms with Gasteiger partial charge in [0.1, 0.15) is 0 Å². The first-order chi connectivity index (χ1) is 9.15. The van der Waals surface area contributed by atoms with Crippen molar-refractivity contribution < 1.29 is 5.11 Å². The molecule has 0 radical (unpaired) electrons. The molecule has 0 saturated carbocycles. The first-order valence-corrected chi connectivity index (χ1v) is 8.36. The van der Waals surface area contributed by atoms with Crippen LogP contribution in [-0.4, -0.2) is 39.0 Å². The minimum atomic E-state index is 0.206. The van der Waals surface area contributed by atoms with E-state index in [0.717, 1.165) is 25.1 Å². The molecule has 4 nitrogen and oxygen atoms in total. The van der Waals surface area contributed by atoms with Gasteiger partial charge in [-0.3, -0.25) is 4.68 Å². The van der Waals surface area contributed by atoms with Gasteiger partial charge in [-0.05, 0) is 32.1 Å². The summed E-state index contributed by atoms with van der Waals surface area (Å²) >= 11 is 1.69. The highest BCUT2D eigenvalue weighted by molar-refractivity contribution is 7.99. The SMILES string of the molecule is CCC(CC)n1ccc(CNC(C)C(CO)SC)n1. The number of rotatable bonds is 9. The van der Waals surface area contributed by atoms with Crippen LogP contribution in [0.1, 0.15) is 45.3 Å². The Morgan fingerprint density at radius 1 is 1.42 bits per heavy atom. The highest BCUT2D eigenvalue weighted by Gasteiger charge is 2.15. The van der Waals surface area contributed by atoms with E-state index < -0.39 is 0 Å². The van der Waals surface area contributed by atoms with Crippen LogP contribution < -0.4 is 5.32 Å². The predicted molar refractivity (Wildman–Crippen MR) is 82.5 cm³/mol. The third-order valence-electron chi connectivity index (χ3n) is 3.63. The predicted octanol–water partition coefficient (Wildman–Crippen LogP) is 2.45. The lowest BCUT2D eigenvalue weighted by atomic mass is 10.2. The van der Waals surface area contributed by atoms with E-state index in [2.05, 4.69) is 48.1 Å². The molecule has 2 atom stereocenters. The Morgan fingerprint density at radius 3 is 2.63 bits per heavy atom. The Bertz CT molecular complexity index is 348. The van der Waals surface area contributed by atoms with Crippen LogP contribution >= 0.6 is 11.8 Å². The lowest BCUT2D eigenvalue weighted by molar-refractivity contribution is 0.275. The van der Waals surface area contributed by atoms with E-state index >= 15 is 0 Å². The lowest BCUT2D eigenvalue weighted by Crippen LogP contribution is -2.37. The van der Waals surface area contributed by atoms with Crippen LogP contribution in [0.4, 0.5) is 0 Å². The first kappa shape index (κ1) is 16.5. The third-order valence-corrected chi connectivity index (χ3v) is 4.79. The Balaban J connectivity index is 2.50. The van der Waals surface area contributed by atoms with Crippen molar-refractivity contribution in [1.29, 1.82) is 0 Å². The largest absolute Gasteiger partial charge is 0.395 e. The maximum Gasteiger partial charge on any atom is 0.0762 e. The minimum Gasteiger partial charge on any atom is -0.395 e. The maximum atomic E-state index is 9.25. The van der Waals surface area contributed by atoms with Gasteiger partial charge in [-0.1, -0.05) is 13.8 Å². The molecule has 0 amide bonds. The first-order valence-electron chi connectivity index (χ1n) is 7.07. The Morgan fingerprint density at radius 2 is 2.11 bits per heavy atom. The normalized spacial score (nSPS) is 14.8. The van der Waals surface area contributed by atoms with Gasteiger partial charge in [0.25, 0.3) is 0 Å². The number of hydrogen-bond donors (Lipinski definition) is 2. The average Bonchev–Trinajstić information content (AvgIpc) is 2.88. The van der Waals surface area contributed by atoms with Crippen LogP contribution in [0.2, 0.25) is 0 Å². The number of thioether (sulfide) groups is 1. The Kier molecular flexibility index (Phi) is 7.49. The molecule has 110 valence electrons. The Labute approximate surface area is 121 Å². The summed E-state index contributed by atoms with van der Waals surface area (Å²) in [5.41, 5.74) is 1.07. The standard InChI is InChI=1S/C14H27N3OS/c1-5-13(6-2)17-8-7-12(16-17)9-15-11(3)14(10-18)19-4/h7-8,11,13-15,18H,5-6,9-10H2,1-4H3. The summed E-state index contributed by atoms with van der Waals surface area (Å²) in [6.07, 6.45) is 6.32. The van der Waals surface area contributed by atoms with Crippen molar-refractivity contribution in [3.05, 3.63) is 18.0 Å². The monoisotopic (exact) mass is 285 g/mol. The molecular formula is C14H27N3OS. The van der Waals surface area contributed by atoms with Gasteiger partial charge in [0.05, 0.1) is 18.3 Å². The zero-order valence-corrected chi connectivity index (χ0v) is 13.3. The van der Waals surface area contributed by atoms with Crippen molar-refractivity contribution in [1.82, 2.24) is 15.1 Å². The van der Waals surface area contributed by atoms with Gasteiger partial charge in [0, 0.05) is 24.0 Å². The second-order valence-corrected chi connectivity index (χ2v) is 5.96. The molecule has 2 unspecified atom stereocenters. The quantitative estimate of drug-likeness (QED) is 0.732. The fourth-order valence-corrected chi connectivity index (χ4v) is 2.83. The maximum absolute atomic E-state index is 9.25. The molecule has 0 aromatic carbocycles. The molecule has 1 heterocycles. The number of hydrogen-bond acceptors (Lipinski definition) is 4. The molecule has 0 fully saturated rings. The zero-order chi connectivity index (χ0) is 14.3. The Hall–Kier alpha value is -0.520. The second-order valence-electron chi connectivity index (χ2n) is 4.88. The minimum absolute atomic E-state index is 0.206. The molecule has 0 bridgehead atoms. The van der Waals surface area contributed by atoms with E-state index in [1.54, 1.807) is 11.8 Å². The molecule has 5 heteroatoms. The van der Waals surface area contributed by atoms with Crippen LogP contribution in [0, 0.1) is 0 Å². The molecule has 0 aliphatic carbocycles. The number of aliphatic hydroxyl groups is 1. The van der Waals surface area contributed by atoms with Gasteiger partial charge >= 0.3 is 0 Å². The molecule has 0 aliphatic heterocycles. The van der Waals surface area contributed by atoms with Crippen LogP contribution in [0.25, 0.3) is 0 Å². The molecule has 19 heavy (non-hydrogen) atoms. The summed E-state index contributed by atoms with van der Waals surface area (Å²) in [4.78, 5) is 0.